The average molecular weight is 294 g/mol. The van der Waals surface area contributed by atoms with Crippen LogP contribution in [0.1, 0.15) is 64.7 Å². The molecule has 3 rings (SSSR count). The van der Waals surface area contributed by atoms with Gasteiger partial charge in [0.2, 0.25) is 5.91 Å². The molecule has 0 radical (unpaired) electrons. The maximum Gasteiger partial charge on any atom is 0.241 e. The molecule has 2 saturated carbocycles. The Hall–Kier alpha value is -0.610. The van der Waals surface area contributed by atoms with Gasteiger partial charge in [0.1, 0.15) is 0 Å². The summed E-state index contributed by atoms with van der Waals surface area (Å²) in [5.41, 5.74) is 0. The minimum absolute atomic E-state index is 0.0576. The van der Waals surface area contributed by atoms with E-state index >= 15 is 0 Å². The normalized spacial score (nSPS) is 37.8. The van der Waals surface area contributed by atoms with Crippen molar-refractivity contribution in [2.45, 2.75) is 89.1 Å². The summed E-state index contributed by atoms with van der Waals surface area (Å²) in [5.74, 6) is 1.02. The Morgan fingerprint density at radius 1 is 1.24 bits per heavy atom. The fourth-order valence-electron chi connectivity index (χ4n) is 4.60. The van der Waals surface area contributed by atoms with Crippen molar-refractivity contribution in [2.24, 2.45) is 5.92 Å². The van der Waals surface area contributed by atoms with Gasteiger partial charge in [-0.3, -0.25) is 10.1 Å². The van der Waals surface area contributed by atoms with E-state index in [1.165, 1.54) is 25.7 Å². The van der Waals surface area contributed by atoms with Crippen LogP contribution in [-0.4, -0.2) is 42.3 Å². The summed E-state index contributed by atoms with van der Waals surface area (Å²) in [6.07, 6.45) is 11.1. The van der Waals surface area contributed by atoms with Crippen molar-refractivity contribution in [1.82, 2.24) is 10.2 Å². The highest BCUT2D eigenvalue weighted by Gasteiger charge is 2.47. The molecule has 120 valence electrons. The highest BCUT2D eigenvalue weighted by molar-refractivity contribution is 5.84. The number of nitrogens with one attached hydrogen (secondary N) is 1. The van der Waals surface area contributed by atoms with Crippen LogP contribution in [0, 0.1) is 5.92 Å². The lowest BCUT2D eigenvalue weighted by molar-refractivity contribution is -0.133. The Kier molecular flexibility index (Phi) is 4.85. The van der Waals surface area contributed by atoms with Crippen LogP contribution in [0.3, 0.4) is 0 Å². The first-order valence-corrected chi connectivity index (χ1v) is 8.85. The van der Waals surface area contributed by atoms with E-state index in [1.54, 1.807) is 7.11 Å². The van der Waals surface area contributed by atoms with Crippen LogP contribution in [0.4, 0.5) is 0 Å². The highest BCUT2D eigenvalue weighted by Crippen LogP contribution is 2.37. The van der Waals surface area contributed by atoms with Crippen molar-refractivity contribution >= 4 is 5.91 Å². The van der Waals surface area contributed by atoms with E-state index in [9.17, 15) is 4.79 Å². The first-order valence-electron chi connectivity index (χ1n) is 8.85. The molecular formula is C17H30N2O2. The number of methoxy groups -OCH3 is 1. The summed E-state index contributed by atoms with van der Waals surface area (Å²) in [4.78, 5) is 15.1. The molecule has 0 aromatic heterocycles. The Morgan fingerprint density at radius 2 is 2.00 bits per heavy atom. The molecule has 2 aliphatic carbocycles. The predicted octanol–water partition coefficient (Wildman–Crippen LogP) is 2.67. The number of hydrogen-bond donors (Lipinski definition) is 1. The Morgan fingerprint density at radius 3 is 2.62 bits per heavy atom. The zero-order chi connectivity index (χ0) is 14.8. The van der Waals surface area contributed by atoms with Crippen molar-refractivity contribution in [3.05, 3.63) is 0 Å². The van der Waals surface area contributed by atoms with Gasteiger partial charge in [0.05, 0.1) is 18.3 Å². The van der Waals surface area contributed by atoms with E-state index in [0.717, 1.165) is 32.1 Å². The summed E-state index contributed by atoms with van der Waals surface area (Å²) >= 11 is 0. The molecule has 3 aliphatic rings. The maximum atomic E-state index is 12.9. The Balaban J connectivity index is 1.74. The van der Waals surface area contributed by atoms with E-state index in [2.05, 4.69) is 17.1 Å². The van der Waals surface area contributed by atoms with Gasteiger partial charge in [-0.15, -0.1) is 0 Å². The minimum atomic E-state index is 0.0576. The SMILES string of the molecule is CCCC1NC(C2CCCC2)N(C2CCC(OC)C2)C1=O. The molecule has 1 heterocycles. The predicted molar refractivity (Wildman–Crippen MR) is 82.9 cm³/mol. The van der Waals surface area contributed by atoms with Crippen LogP contribution >= 0.6 is 0 Å². The van der Waals surface area contributed by atoms with Gasteiger partial charge in [-0.1, -0.05) is 26.2 Å². The van der Waals surface area contributed by atoms with E-state index in [1.807, 2.05) is 0 Å². The van der Waals surface area contributed by atoms with Gasteiger partial charge in [0, 0.05) is 13.2 Å². The van der Waals surface area contributed by atoms with Gasteiger partial charge in [0.15, 0.2) is 0 Å². The van der Waals surface area contributed by atoms with E-state index < -0.39 is 0 Å². The Bertz CT molecular complexity index is 368. The number of nitrogens with zero attached hydrogens (tertiary/aromatic N) is 1. The molecule has 0 bridgehead atoms. The average Bonchev–Trinajstić information content (AvgIpc) is 3.19. The molecule has 1 saturated heterocycles. The molecule has 1 aliphatic heterocycles. The number of amides is 1. The molecule has 4 nitrogen and oxygen atoms in total. The molecule has 0 spiro atoms. The molecule has 21 heavy (non-hydrogen) atoms. The Labute approximate surface area is 128 Å². The van der Waals surface area contributed by atoms with Gasteiger partial charge in [-0.25, -0.2) is 0 Å². The zero-order valence-electron chi connectivity index (χ0n) is 13.5. The second-order valence-corrected chi connectivity index (χ2v) is 7.07. The second kappa shape index (κ2) is 6.66. The summed E-state index contributed by atoms with van der Waals surface area (Å²) in [7, 11) is 1.80. The third-order valence-electron chi connectivity index (χ3n) is 5.73. The lowest BCUT2D eigenvalue weighted by Crippen LogP contribution is -2.47. The number of hydrogen-bond acceptors (Lipinski definition) is 3. The zero-order valence-corrected chi connectivity index (χ0v) is 13.5. The van der Waals surface area contributed by atoms with Crippen molar-refractivity contribution in [3.8, 4) is 0 Å². The van der Waals surface area contributed by atoms with Crippen molar-refractivity contribution in [1.29, 1.82) is 0 Å². The van der Waals surface area contributed by atoms with Crippen LogP contribution in [0.25, 0.3) is 0 Å². The van der Waals surface area contributed by atoms with Gasteiger partial charge >= 0.3 is 0 Å². The number of ether oxygens (including phenoxy) is 1. The van der Waals surface area contributed by atoms with Gasteiger partial charge < -0.3 is 9.64 Å². The van der Waals surface area contributed by atoms with Crippen LogP contribution in [-0.2, 0) is 9.53 Å². The molecule has 0 aromatic rings. The fourth-order valence-corrected chi connectivity index (χ4v) is 4.60. The maximum absolute atomic E-state index is 12.9. The van der Waals surface area contributed by atoms with Gasteiger partial charge in [-0.2, -0.15) is 0 Å². The van der Waals surface area contributed by atoms with Crippen LogP contribution < -0.4 is 5.32 Å². The quantitative estimate of drug-likeness (QED) is 0.847. The van der Waals surface area contributed by atoms with E-state index in [0.29, 0.717) is 24.0 Å². The minimum Gasteiger partial charge on any atom is -0.381 e. The van der Waals surface area contributed by atoms with Crippen molar-refractivity contribution < 1.29 is 9.53 Å². The number of rotatable bonds is 5. The van der Waals surface area contributed by atoms with Gasteiger partial charge in [0.25, 0.3) is 0 Å². The molecular weight excluding hydrogens is 264 g/mol. The lowest BCUT2D eigenvalue weighted by Gasteiger charge is -2.33. The van der Waals surface area contributed by atoms with Crippen molar-refractivity contribution in [2.75, 3.05) is 7.11 Å². The summed E-state index contributed by atoms with van der Waals surface area (Å²) in [6, 6.07) is 0.449. The third-order valence-corrected chi connectivity index (χ3v) is 5.73. The monoisotopic (exact) mass is 294 g/mol. The molecule has 3 fully saturated rings. The van der Waals surface area contributed by atoms with E-state index in [-0.39, 0.29) is 12.2 Å². The topological polar surface area (TPSA) is 41.6 Å². The lowest BCUT2D eigenvalue weighted by atomic mass is 10.0. The van der Waals surface area contributed by atoms with Gasteiger partial charge in [-0.05, 0) is 44.4 Å². The highest BCUT2D eigenvalue weighted by atomic mass is 16.5. The van der Waals surface area contributed by atoms with E-state index in [4.69, 9.17) is 4.74 Å². The summed E-state index contributed by atoms with van der Waals surface area (Å²) < 4.78 is 5.51. The molecule has 1 amide bonds. The second-order valence-electron chi connectivity index (χ2n) is 7.07. The largest absolute Gasteiger partial charge is 0.381 e. The number of carbonyl (C=O) groups is 1. The smallest absolute Gasteiger partial charge is 0.241 e. The van der Waals surface area contributed by atoms with Crippen LogP contribution in [0.5, 0.6) is 0 Å². The third kappa shape index (κ3) is 2.98. The summed E-state index contributed by atoms with van der Waals surface area (Å²) in [6.45, 7) is 2.17. The van der Waals surface area contributed by atoms with Crippen LogP contribution in [0.2, 0.25) is 0 Å². The van der Waals surface area contributed by atoms with Crippen LogP contribution in [0.15, 0.2) is 0 Å². The van der Waals surface area contributed by atoms with Crippen molar-refractivity contribution in [3.63, 3.8) is 0 Å². The first-order chi connectivity index (χ1) is 10.2. The standard InChI is InChI=1S/C17H30N2O2/c1-3-6-15-17(20)19(13-9-10-14(11-13)21-2)16(18-15)12-7-4-5-8-12/h12-16,18H,3-11H2,1-2H3. The number of carbonyl (C=O) groups excluding carboxylic acids is 1. The molecule has 0 aromatic carbocycles. The molecule has 4 atom stereocenters. The first kappa shape index (κ1) is 15.3. The summed E-state index contributed by atoms with van der Waals surface area (Å²) in [5, 5.41) is 3.68. The molecule has 4 unspecified atom stereocenters. The fraction of sp³-hybridized carbons (Fsp3) is 0.941. The molecule has 1 N–H and O–H groups in total. The molecule has 4 heteroatoms.